The number of rotatable bonds is 7. The number of allylic oxidation sites excluding steroid dienone is 1. The Hall–Kier alpha value is -3.43. The zero-order chi connectivity index (χ0) is 22.7. The molecule has 0 atom stereocenters. The Kier molecular flexibility index (Phi) is 6.57. The smallest absolute Gasteiger partial charge is 0.252 e. The van der Waals surface area contributed by atoms with Gasteiger partial charge in [-0.15, -0.1) is 0 Å². The molecule has 0 unspecified atom stereocenters. The van der Waals surface area contributed by atoms with Gasteiger partial charge in [0.05, 0.1) is 29.1 Å². The molecule has 1 fully saturated rings. The van der Waals surface area contributed by atoms with Gasteiger partial charge < -0.3 is 25.4 Å². The minimum Gasteiger partial charge on any atom is -0.496 e. The number of hydrogen-bond donors (Lipinski definition) is 2. The Morgan fingerprint density at radius 1 is 1.35 bits per heavy atom. The lowest BCUT2D eigenvalue weighted by Crippen LogP contribution is -2.27. The van der Waals surface area contributed by atoms with Crippen LogP contribution in [0, 0.1) is 0 Å². The molecule has 0 aromatic heterocycles. The first-order valence-electron chi connectivity index (χ1n) is 9.03. The second-order valence-electron chi connectivity index (χ2n) is 6.40. The molecule has 1 heterocycles. The van der Waals surface area contributed by atoms with Crippen molar-refractivity contribution in [2.75, 3.05) is 18.6 Å². The number of benzene rings is 2. The van der Waals surface area contributed by atoms with E-state index < -0.39 is 5.91 Å². The summed E-state index contributed by atoms with van der Waals surface area (Å²) in [6.07, 6.45) is 1.71. The number of anilines is 1. The summed E-state index contributed by atoms with van der Waals surface area (Å²) >= 11 is 11.6. The number of halogens is 1. The van der Waals surface area contributed by atoms with E-state index in [2.05, 4.69) is 17.0 Å². The van der Waals surface area contributed by atoms with Gasteiger partial charge in [0, 0.05) is 17.7 Å². The van der Waals surface area contributed by atoms with Crippen LogP contribution in [0.5, 0.6) is 11.5 Å². The fourth-order valence-corrected chi connectivity index (χ4v) is 3.61. The number of aliphatic imine (C=N–C) groups is 1. The van der Waals surface area contributed by atoms with Crippen molar-refractivity contribution in [2.24, 2.45) is 10.7 Å². The lowest BCUT2D eigenvalue weighted by molar-refractivity contribution is -0.117. The van der Waals surface area contributed by atoms with Crippen LogP contribution in [-0.4, -0.2) is 37.3 Å². The molecule has 2 amide bonds. The molecule has 1 aliphatic heterocycles. The van der Waals surface area contributed by atoms with E-state index in [1.54, 1.807) is 42.2 Å². The maximum absolute atomic E-state index is 11.8. The van der Waals surface area contributed by atoms with E-state index >= 15 is 0 Å². The third kappa shape index (κ3) is 4.52. The Bertz CT molecular complexity index is 1130. The summed E-state index contributed by atoms with van der Waals surface area (Å²) in [6.45, 7) is 5.43. The zero-order valence-corrected chi connectivity index (χ0v) is 18.3. The minimum absolute atomic E-state index is 0.0922. The predicted octanol–water partition coefficient (Wildman–Crippen LogP) is 3.44. The van der Waals surface area contributed by atoms with E-state index in [1.807, 2.05) is 0 Å². The topological polar surface area (TPSA) is 106 Å². The van der Waals surface area contributed by atoms with Crippen molar-refractivity contribution in [3.8, 4) is 11.5 Å². The summed E-state index contributed by atoms with van der Waals surface area (Å²) in [6, 6.07) is 8.09. The molecule has 10 heteroatoms. The second-order valence-corrected chi connectivity index (χ2v) is 7.19. The summed E-state index contributed by atoms with van der Waals surface area (Å²) in [4.78, 5) is 29.0. The van der Waals surface area contributed by atoms with Gasteiger partial charge in [-0.1, -0.05) is 11.6 Å². The van der Waals surface area contributed by atoms with Crippen molar-refractivity contribution in [3.63, 3.8) is 0 Å². The first kappa shape index (κ1) is 22.3. The van der Waals surface area contributed by atoms with Crippen molar-refractivity contribution in [3.05, 3.63) is 52.6 Å². The molecule has 2 aromatic rings. The number of carbonyl (C=O) groups excluding carboxylic acids is 2. The van der Waals surface area contributed by atoms with Crippen LogP contribution < -0.4 is 25.4 Å². The highest BCUT2D eigenvalue weighted by molar-refractivity contribution is 7.80. The van der Waals surface area contributed by atoms with Gasteiger partial charge >= 0.3 is 0 Å². The molecule has 0 aliphatic carbocycles. The van der Waals surface area contributed by atoms with E-state index in [4.69, 9.17) is 39.0 Å². The summed E-state index contributed by atoms with van der Waals surface area (Å²) in [7, 11) is 1.43. The molecule has 1 saturated heterocycles. The highest BCUT2D eigenvalue weighted by Crippen LogP contribution is 2.36. The summed E-state index contributed by atoms with van der Waals surface area (Å²) < 4.78 is 11.2. The molecule has 31 heavy (non-hydrogen) atoms. The van der Waals surface area contributed by atoms with Crippen LogP contribution in [0.1, 0.15) is 22.8 Å². The van der Waals surface area contributed by atoms with Crippen LogP contribution in [0.2, 0.25) is 5.02 Å². The highest BCUT2D eigenvalue weighted by atomic mass is 35.5. The van der Waals surface area contributed by atoms with E-state index in [0.29, 0.717) is 33.5 Å². The summed E-state index contributed by atoms with van der Waals surface area (Å²) in [5.41, 5.74) is 7.18. The van der Waals surface area contributed by atoms with Crippen LogP contribution in [0.4, 0.5) is 11.4 Å². The van der Waals surface area contributed by atoms with Gasteiger partial charge in [0.1, 0.15) is 23.8 Å². The summed E-state index contributed by atoms with van der Waals surface area (Å²) in [5.74, 6) is 0.266. The first-order chi connectivity index (χ1) is 14.8. The number of methoxy groups -OCH3 is 1. The highest BCUT2D eigenvalue weighted by Gasteiger charge is 2.26. The number of nitrogens with two attached hydrogens (primary N) is 1. The molecule has 0 radical (unpaired) electrons. The van der Waals surface area contributed by atoms with Crippen LogP contribution in [0.25, 0.3) is 5.76 Å². The first-order valence-corrected chi connectivity index (χ1v) is 9.81. The molecular weight excluding hydrogens is 440 g/mol. The maximum atomic E-state index is 11.8. The number of ether oxygens (including phenoxy) is 2. The third-order valence-electron chi connectivity index (χ3n) is 4.51. The quantitative estimate of drug-likeness (QED) is 0.374. The molecule has 3 rings (SSSR count). The van der Waals surface area contributed by atoms with Crippen LogP contribution in [0.3, 0.4) is 0 Å². The Balaban J connectivity index is 1.95. The number of amides is 2. The molecule has 2 aromatic carbocycles. The van der Waals surface area contributed by atoms with Crippen LogP contribution in [-0.2, 0) is 4.79 Å². The lowest BCUT2D eigenvalue weighted by atomic mass is 10.0. The molecule has 0 bridgehead atoms. The van der Waals surface area contributed by atoms with Crippen molar-refractivity contribution >= 4 is 64.6 Å². The standard InChI is InChI=1S/C21H19ClN4O4S/c1-4-17(12-8-13(20(23)28)18(29-3)9-15(12)24-2)30-11-5-6-16(14(22)7-11)26-10-19(27)25-21(26)31/h4-9H,2,10H2,1,3H3,(H2,23,28)(H,25,27,31)/b17-4+. The number of nitrogens with one attached hydrogen (secondary N) is 1. The Morgan fingerprint density at radius 3 is 2.61 bits per heavy atom. The third-order valence-corrected chi connectivity index (χ3v) is 5.14. The number of carbonyl (C=O) groups is 2. The fraction of sp³-hybridized carbons (Fsp3) is 0.143. The minimum atomic E-state index is -0.652. The van der Waals surface area contributed by atoms with Crippen LogP contribution in [0.15, 0.2) is 41.4 Å². The Morgan fingerprint density at radius 2 is 2.10 bits per heavy atom. The van der Waals surface area contributed by atoms with Gasteiger partial charge in [-0.3, -0.25) is 14.6 Å². The monoisotopic (exact) mass is 458 g/mol. The van der Waals surface area contributed by atoms with Crippen LogP contribution >= 0.6 is 23.8 Å². The number of hydrogen-bond acceptors (Lipinski definition) is 6. The largest absolute Gasteiger partial charge is 0.496 e. The fourth-order valence-electron chi connectivity index (χ4n) is 3.06. The van der Waals surface area contributed by atoms with Gasteiger partial charge in [0.15, 0.2) is 5.11 Å². The molecule has 3 N–H and O–H groups in total. The van der Waals surface area contributed by atoms with Gasteiger partial charge in [-0.05, 0) is 50.1 Å². The molecule has 8 nitrogen and oxygen atoms in total. The average Bonchev–Trinajstić information content (AvgIpc) is 3.08. The average molecular weight is 459 g/mol. The number of nitrogens with zero attached hydrogens (tertiary/aromatic N) is 2. The van der Waals surface area contributed by atoms with Gasteiger partial charge in [0.25, 0.3) is 5.91 Å². The Labute approximate surface area is 189 Å². The van der Waals surface area contributed by atoms with Gasteiger partial charge in [-0.2, -0.15) is 0 Å². The van der Waals surface area contributed by atoms with Crippen molar-refractivity contribution in [1.82, 2.24) is 5.32 Å². The predicted molar refractivity (Wildman–Crippen MR) is 125 cm³/mol. The van der Waals surface area contributed by atoms with E-state index in [9.17, 15) is 9.59 Å². The van der Waals surface area contributed by atoms with E-state index in [-0.39, 0.29) is 28.9 Å². The normalized spacial score (nSPS) is 13.8. The molecule has 0 saturated carbocycles. The second kappa shape index (κ2) is 9.15. The molecule has 160 valence electrons. The SMILES string of the molecule is C=Nc1cc(OC)c(C(N)=O)cc1/C(=C\C)Oc1ccc(N2CC(=O)NC2=S)c(Cl)c1. The lowest BCUT2D eigenvalue weighted by Gasteiger charge is -2.19. The van der Waals surface area contributed by atoms with Crippen molar-refractivity contribution in [1.29, 1.82) is 0 Å². The molecular formula is C21H19ClN4O4S. The van der Waals surface area contributed by atoms with Gasteiger partial charge in [-0.25, -0.2) is 0 Å². The van der Waals surface area contributed by atoms with Crippen molar-refractivity contribution in [2.45, 2.75) is 6.92 Å². The molecule has 1 aliphatic rings. The zero-order valence-electron chi connectivity index (χ0n) is 16.8. The van der Waals surface area contributed by atoms with Gasteiger partial charge in [0.2, 0.25) is 5.91 Å². The summed E-state index contributed by atoms with van der Waals surface area (Å²) in [5, 5.41) is 3.20. The van der Waals surface area contributed by atoms with E-state index in [0.717, 1.165) is 0 Å². The number of primary amides is 1. The number of thiocarbonyl (C=S) groups is 1. The maximum Gasteiger partial charge on any atom is 0.252 e. The van der Waals surface area contributed by atoms with E-state index in [1.165, 1.54) is 13.2 Å². The van der Waals surface area contributed by atoms with Crippen molar-refractivity contribution < 1.29 is 19.1 Å². The molecule has 0 spiro atoms.